The van der Waals surface area contributed by atoms with Crippen LogP contribution < -0.4 is 0 Å². The van der Waals surface area contributed by atoms with E-state index >= 15 is 0 Å². The van der Waals surface area contributed by atoms with Gasteiger partial charge in [-0.25, -0.2) is 4.39 Å². The lowest BCUT2D eigenvalue weighted by Crippen LogP contribution is -2.34. The second-order valence-corrected chi connectivity index (χ2v) is 8.02. The van der Waals surface area contributed by atoms with Gasteiger partial charge in [0.05, 0.1) is 5.92 Å². The molecule has 0 aromatic carbocycles. The third kappa shape index (κ3) is 6.14. The number of hydrogen-bond acceptors (Lipinski definition) is 3. The number of carbonyl (C=O) groups excluding carboxylic acids is 2. The molecule has 30 heavy (non-hydrogen) atoms. The second-order valence-electron chi connectivity index (χ2n) is 6.77. The van der Waals surface area contributed by atoms with Crippen molar-refractivity contribution in [3.05, 3.63) is 107 Å². The van der Waals surface area contributed by atoms with Gasteiger partial charge in [-0.15, -0.1) is 0 Å². The van der Waals surface area contributed by atoms with Gasteiger partial charge in [0, 0.05) is 10.8 Å². The number of ketones is 2. The molecule has 1 aliphatic heterocycles. The van der Waals surface area contributed by atoms with E-state index in [1.807, 2.05) is 32.1 Å². The first-order valence-corrected chi connectivity index (χ1v) is 10.4. The van der Waals surface area contributed by atoms with Crippen LogP contribution in [0.1, 0.15) is 27.7 Å². The molecule has 0 amide bonds. The highest BCUT2D eigenvalue weighted by Gasteiger charge is 2.39. The van der Waals surface area contributed by atoms with Crippen molar-refractivity contribution in [2.75, 3.05) is 0 Å². The molecule has 0 aromatic heterocycles. The minimum absolute atomic E-state index is 0.249. The summed E-state index contributed by atoms with van der Waals surface area (Å²) in [5.41, 5.74) is 2.05. The van der Waals surface area contributed by atoms with Gasteiger partial charge in [0.2, 0.25) is 0 Å². The van der Waals surface area contributed by atoms with Crippen molar-refractivity contribution in [2.24, 2.45) is 11.8 Å². The number of allylic oxidation sites excluding steroid dienone is 14. The summed E-state index contributed by atoms with van der Waals surface area (Å²) in [6, 6.07) is 0. The fraction of sp³-hybridized carbons (Fsp3) is 0.231. The summed E-state index contributed by atoms with van der Waals surface area (Å²) in [7, 11) is 0. The molecular formula is C26H29FO2S. The van der Waals surface area contributed by atoms with Gasteiger partial charge >= 0.3 is 0 Å². The monoisotopic (exact) mass is 424 g/mol. The maximum atomic E-state index is 13.4. The van der Waals surface area contributed by atoms with Crippen molar-refractivity contribution in [2.45, 2.75) is 27.7 Å². The normalized spacial score (nSPS) is 19.4. The Labute approximate surface area is 183 Å². The number of rotatable bonds is 10. The van der Waals surface area contributed by atoms with Gasteiger partial charge in [0.1, 0.15) is 11.6 Å². The highest BCUT2D eigenvalue weighted by atomic mass is 32.2. The van der Waals surface area contributed by atoms with E-state index in [1.165, 1.54) is 19.1 Å². The first kappa shape index (κ1) is 25.3. The Morgan fingerprint density at radius 2 is 1.77 bits per heavy atom. The van der Waals surface area contributed by atoms with E-state index in [4.69, 9.17) is 0 Å². The highest BCUT2D eigenvalue weighted by molar-refractivity contribution is 8.07. The molecule has 4 heteroatoms. The Hall–Kier alpha value is -2.72. The van der Waals surface area contributed by atoms with Crippen LogP contribution in [-0.2, 0) is 9.59 Å². The zero-order valence-corrected chi connectivity index (χ0v) is 18.9. The maximum Gasteiger partial charge on any atom is 0.169 e. The van der Waals surface area contributed by atoms with Gasteiger partial charge in [-0.05, 0) is 61.5 Å². The maximum absolute atomic E-state index is 13.4. The van der Waals surface area contributed by atoms with E-state index in [0.717, 1.165) is 27.0 Å². The average Bonchev–Trinajstić information content (AvgIpc) is 2.72. The van der Waals surface area contributed by atoms with Crippen molar-refractivity contribution < 1.29 is 14.0 Å². The lowest BCUT2D eigenvalue weighted by atomic mass is 9.73. The quantitative estimate of drug-likeness (QED) is 0.212. The number of carbonyl (C=O) groups is 2. The lowest BCUT2D eigenvalue weighted by Gasteiger charge is -2.33. The smallest absolute Gasteiger partial charge is 0.169 e. The topological polar surface area (TPSA) is 34.1 Å². The first-order valence-electron chi connectivity index (χ1n) is 9.61. The molecule has 1 aliphatic rings. The molecule has 0 bridgehead atoms. The van der Waals surface area contributed by atoms with Crippen LogP contribution >= 0.6 is 11.8 Å². The summed E-state index contributed by atoms with van der Waals surface area (Å²) >= 11 is 1.56. The van der Waals surface area contributed by atoms with Crippen LogP contribution in [0.15, 0.2) is 107 Å². The Morgan fingerprint density at radius 1 is 1.10 bits per heavy atom. The lowest BCUT2D eigenvalue weighted by molar-refractivity contribution is -0.130. The number of halogens is 1. The fourth-order valence-electron chi connectivity index (χ4n) is 3.27. The third-order valence-corrected chi connectivity index (χ3v) is 5.86. The van der Waals surface area contributed by atoms with E-state index in [1.54, 1.807) is 36.9 Å². The molecule has 1 rings (SSSR count). The molecule has 0 saturated heterocycles. The minimum Gasteiger partial charge on any atom is -0.299 e. The molecule has 158 valence electrons. The van der Waals surface area contributed by atoms with Gasteiger partial charge < -0.3 is 0 Å². The third-order valence-electron chi connectivity index (χ3n) is 4.70. The van der Waals surface area contributed by atoms with E-state index in [2.05, 4.69) is 19.7 Å². The van der Waals surface area contributed by atoms with Crippen LogP contribution in [-0.4, -0.2) is 11.6 Å². The van der Waals surface area contributed by atoms with Crippen LogP contribution in [0, 0.1) is 11.8 Å². The largest absolute Gasteiger partial charge is 0.299 e. The highest BCUT2D eigenvalue weighted by Crippen LogP contribution is 2.47. The summed E-state index contributed by atoms with van der Waals surface area (Å²) in [6.07, 6.45) is 14.5. The predicted molar refractivity (Wildman–Crippen MR) is 127 cm³/mol. The van der Waals surface area contributed by atoms with Crippen LogP contribution in [0.4, 0.5) is 4.39 Å². The molecule has 0 radical (unpaired) electrons. The zero-order chi connectivity index (χ0) is 22.8. The van der Waals surface area contributed by atoms with Crippen molar-refractivity contribution in [3.63, 3.8) is 0 Å². The molecule has 0 N–H and O–H groups in total. The summed E-state index contributed by atoms with van der Waals surface area (Å²) in [6.45, 7) is 17.8. The summed E-state index contributed by atoms with van der Waals surface area (Å²) in [5.74, 6) is -2.56. The Balaban J connectivity index is 3.73. The SMILES string of the molecule is C=C/C=C\C1=C(C)SC(C=C)=C(/C=C\C)C1C(C(C)=O)C(=O)/C(C)=C/C=C(/F)C=C. The number of Topliss-reactive ketones (excluding diaryl/α,β-unsaturated/α-hetero) is 2. The molecule has 2 unspecified atom stereocenters. The molecule has 0 spiro atoms. The van der Waals surface area contributed by atoms with Gasteiger partial charge in [0.25, 0.3) is 0 Å². The Kier molecular flexibility index (Phi) is 10.2. The van der Waals surface area contributed by atoms with E-state index < -0.39 is 17.7 Å². The average molecular weight is 425 g/mol. The molecule has 0 aromatic rings. The predicted octanol–water partition coefficient (Wildman–Crippen LogP) is 7.14. The van der Waals surface area contributed by atoms with Crippen molar-refractivity contribution in [1.29, 1.82) is 0 Å². The van der Waals surface area contributed by atoms with E-state index in [0.29, 0.717) is 5.57 Å². The van der Waals surface area contributed by atoms with Gasteiger partial charge in [-0.2, -0.15) is 0 Å². The zero-order valence-electron chi connectivity index (χ0n) is 18.1. The van der Waals surface area contributed by atoms with Crippen LogP contribution in [0.2, 0.25) is 0 Å². The minimum atomic E-state index is -0.942. The first-order chi connectivity index (χ1) is 14.2. The summed E-state index contributed by atoms with van der Waals surface area (Å²) < 4.78 is 13.4. The summed E-state index contributed by atoms with van der Waals surface area (Å²) in [5, 5.41) is 0. The van der Waals surface area contributed by atoms with Gasteiger partial charge in [-0.1, -0.05) is 74.0 Å². The van der Waals surface area contributed by atoms with Crippen molar-refractivity contribution in [3.8, 4) is 0 Å². The van der Waals surface area contributed by atoms with Gasteiger partial charge in [0.15, 0.2) is 5.78 Å². The van der Waals surface area contributed by atoms with Crippen molar-refractivity contribution in [1.82, 2.24) is 0 Å². The number of thioether (sulfide) groups is 1. The molecule has 0 fully saturated rings. The Morgan fingerprint density at radius 3 is 2.27 bits per heavy atom. The molecular weight excluding hydrogens is 395 g/mol. The standard InChI is InChI=1S/C26H29FO2S/c1-8-12-14-21-19(7)30-23(11-4)22(13-9-2)25(21)24(18(6)28)26(29)17(5)15-16-20(27)10-3/h8-16,24-25H,1,3-4H2,2,5-7H3/b13-9-,14-12-,17-15+,20-16+. The van der Waals surface area contributed by atoms with Crippen LogP contribution in [0.3, 0.4) is 0 Å². The van der Waals surface area contributed by atoms with E-state index in [9.17, 15) is 14.0 Å². The van der Waals surface area contributed by atoms with Crippen LogP contribution in [0.5, 0.6) is 0 Å². The number of hydrogen-bond donors (Lipinski definition) is 0. The summed E-state index contributed by atoms with van der Waals surface area (Å²) in [4.78, 5) is 28.0. The Bertz CT molecular complexity index is 923. The molecule has 2 atom stereocenters. The fourth-order valence-corrected chi connectivity index (χ4v) is 4.31. The molecule has 2 nitrogen and oxygen atoms in total. The molecule has 0 saturated carbocycles. The van der Waals surface area contributed by atoms with E-state index in [-0.39, 0.29) is 11.6 Å². The van der Waals surface area contributed by atoms with Gasteiger partial charge in [-0.3, -0.25) is 9.59 Å². The molecule has 0 aliphatic carbocycles. The second kappa shape index (κ2) is 12.1. The molecule has 1 heterocycles. The van der Waals surface area contributed by atoms with Crippen molar-refractivity contribution >= 4 is 23.3 Å². The van der Waals surface area contributed by atoms with Crippen LogP contribution in [0.25, 0.3) is 0 Å².